The third kappa shape index (κ3) is 5.05. The Hall–Kier alpha value is -2.92. The van der Waals surface area contributed by atoms with Crippen molar-refractivity contribution in [2.75, 3.05) is 17.2 Å². The van der Waals surface area contributed by atoms with Crippen molar-refractivity contribution in [1.82, 2.24) is 4.90 Å². The van der Waals surface area contributed by atoms with Crippen LogP contribution in [0.3, 0.4) is 0 Å². The number of benzene rings is 2. The van der Waals surface area contributed by atoms with E-state index in [0.29, 0.717) is 23.0 Å². The lowest BCUT2D eigenvalue weighted by atomic mass is 10.1. The van der Waals surface area contributed by atoms with Gasteiger partial charge in [-0.15, -0.1) is 0 Å². The summed E-state index contributed by atoms with van der Waals surface area (Å²) in [5.41, 5.74) is 3.21. The molecule has 3 rings (SSSR count). The van der Waals surface area contributed by atoms with Crippen LogP contribution >= 0.6 is 0 Å². The summed E-state index contributed by atoms with van der Waals surface area (Å²) in [6, 6.07) is 15.3. The van der Waals surface area contributed by atoms with Gasteiger partial charge in [0, 0.05) is 43.0 Å². The smallest absolute Gasteiger partial charge is 0.255 e. The van der Waals surface area contributed by atoms with E-state index in [4.69, 9.17) is 0 Å². The highest BCUT2D eigenvalue weighted by atomic mass is 16.2. The molecule has 1 atom stereocenters. The molecule has 2 amide bonds. The van der Waals surface area contributed by atoms with Crippen LogP contribution in [0.5, 0.6) is 0 Å². The van der Waals surface area contributed by atoms with Crippen molar-refractivity contribution in [2.45, 2.75) is 32.9 Å². The molecule has 5 nitrogen and oxygen atoms in total. The fourth-order valence-electron chi connectivity index (χ4n) is 3.23. The Kier molecular flexibility index (Phi) is 6.04. The van der Waals surface area contributed by atoms with Crippen LogP contribution in [0.2, 0.25) is 0 Å². The van der Waals surface area contributed by atoms with Crippen LogP contribution in [0.4, 0.5) is 11.4 Å². The van der Waals surface area contributed by atoms with Gasteiger partial charge in [-0.05, 0) is 48.4 Å². The molecular weight excluding hydrogens is 338 g/mol. The zero-order valence-electron chi connectivity index (χ0n) is 15.7. The van der Waals surface area contributed by atoms with Gasteiger partial charge < -0.3 is 10.6 Å². The Morgan fingerprint density at radius 3 is 2.22 bits per heavy atom. The Balaban J connectivity index is 1.58. The third-order valence-electron chi connectivity index (χ3n) is 4.65. The van der Waals surface area contributed by atoms with E-state index in [2.05, 4.69) is 34.6 Å². The first kappa shape index (κ1) is 18.9. The van der Waals surface area contributed by atoms with Gasteiger partial charge in [0.15, 0.2) is 0 Å². The largest absolute Gasteiger partial charge is 0.326 e. The summed E-state index contributed by atoms with van der Waals surface area (Å²) in [7, 11) is 0. The quantitative estimate of drug-likeness (QED) is 0.761. The summed E-state index contributed by atoms with van der Waals surface area (Å²) in [5, 5.41) is 5.58. The van der Waals surface area contributed by atoms with Crippen LogP contribution in [-0.4, -0.2) is 29.3 Å². The number of hydrogen-bond donors (Lipinski definition) is 2. The first-order valence-electron chi connectivity index (χ1n) is 9.24. The van der Waals surface area contributed by atoms with Crippen molar-refractivity contribution in [3.63, 3.8) is 0 Å². The molecule has 0 saturated carbocycles. The third-order valence-corrected chi connectivity index (χ3v) is 4.65. The predicted molar refractivity (Wildman–Crippen MR) is 109 cm³/mol. The zero-order valence-corrected chi connectivity index (χ0v) is 15.7. The number of carbonyl (C=O) groups excluding carboxylic acids is 2. The normalized spacial score (nSPS) is 16.3. The molecule has 1 aliphatic rings. The van der Waals surface area contributed by atoms with Gasteiger partial charge in [0.2, 0.25) is 5.91 Å². The van der Waals surface area contributed by atoms with Gasteiger partial charge in [-0.2, -0.15) is 0 Å². The highest BCUT2D eigenvalue weighted by molar-refractivity contribution is 6.04. The van der Waals surface area contributed by atoms with E-state index in [1.54, 1.807) is 24.3 Å². The molecule has 0 radical (unpaired) electrons. The molecule has 140 valence electrons. The van der Waals surface area contributed by atoms with Crippen molar-refractivity contribution in [3.8, 4) is 0 Å². The molecule has 0 aromatic heterocycles. The minimum atomic E-state index is -0.150. The average Bonchev–Trinajstić information content (AvgIpc) is 3.10. The first-order valence-corrected chi connectivity index (χ1v) is 9.24. The summed E-state index contributed by atoms with van der Waals surface area (Å²) in [4.78, 5) is 25.9. The van der Waals surface area contributed by atoms with E-state index < -0.39 is 0 Å². The number of amides is 2. The SMILES string of the molecule is CCC1C=CCN1Cc1ccc(C(=O)Nc2ccc(NC(C)=O)cc2)cc1. The summed E-state index contributed by atoms with van der Waals surface area (Å²) in [6.45, 7) is 5.53. The van der Waals surface area contributed by atoms with Crippen LogP contribution in [0.15, 0.2) is 60.7 Å². The summed E-state index contributed by atoms with van der Waals surface area (Å²) in [5.74, 6) is -0.273. The standard InChI is InChI=1S/C22H25N3O2/c1-3-21-5-4-14-25(21)15-17-6-8-18(9-7-17)22(27)24-20-12-10-19(11-13-20)23-16(2)26/h4-13,21H,3,14-15H2,1-2H3,(H,23,26)(H,24,27). The highest BCUT2D eigenvalue weighted by Gasteiger charge is 2.17. The number of nitrogens with one attached hydrogen (secondary N) is 2. The van der Waals surface area contributed by atoms with Crippen LogP contribution in [0.25, 0.3) is 0 Å². The molecule has 0 aliphatic carbocycles. The van der Waals surface area contributed by atoms with Crippen molar-refractivity contribution in [3.05, 3.63) is 71.8 Å². The van der Waals surface area contributed by atoms with Crippen LogP contribution in [-0.2, 0) is 11.3 Å². The van der Waals surface area contributed by atoms with Gasteiger partial charge in [-0.1, -0.05) is 31.2 Å². The predicted octanol–water partition coefficient (Wildman–Crippen LogP) is 4.05. The van der Waals surface area contributed by atoms with Crippen molar-refractivity contribution < 1.29 is 9.59 Å². The van der Waals surface area contributed by atoms with Gasteiger partial charge >= 0.3 is 0 Å². The number of anilines is 2. The monoisotopic (exact) mass is 363 g/mol. The summed E-state index contributed by atoms with van der Waals surface area (Å²) in [6.07, 6.45) is 5.59. The molecule has 1 aliphatic heterocycles. The highest BCUT2D eigenvalue weighted by Crippen LogP contribution is 2.18. The number of rotatable bonds is 6. The van der Waals surface area contributed by atoms with Gasteiger partial charge in [0.25, 0.3) is 5.91 Å². The zero-order chi connectivity index (χ0) is 19.2. The Morgan fingerprint density at radius 2 is 1.63 bits per heavy atom. The minimum absolute atomic E-state index is 0.123. The molecule has 1 unspecified atom stereocenters. The van der Waals surface area contributed by atoms with Crippen molar-refractivity contribution in [2.24, 2.45) is 0 Å². The summed E-state index contributed by atoms with van der Waals surface area (Å²) < 4.78 is 0. The fourth-order valence-corrected chi connectivity index (χ4v) is 3.23. The lowest BCUT2D eigenvalue weighted by Gasteiger charge is -2.23. The maximum absolute atomic E-state index is 12.4. The second-order valence-corrected chi connectivity index (χ2v) is 6.74. The molecule has 2 aromatic rings. The van der Waals surface area contributed by atoms with Crippen LogP contribution in [0, 0.1) is 0 Å². The average molecular weight is 363 g/mol. The fraction of sp³-hybridized carbons (Fsp3) is 0.273. The molecule has 2 N–H and O–H groups in total. The Bertz CT molecular complexity index is 826. The molecule has 0 spiro atoms. The molecular formula is C22H25N3O2. The van der Waals surface area contributed by atoms with Gasteiger partial charge in [0.05, 0.1) is 0 Å². The number of carbonyl (C=O) groups is 2. The maximum atomic E-state index is 12.4. The van der Waals surface area contributed by atoms with E-state index >= 15 is 0 Å². The second-order valence-electron chi connectivity index (χ2n) is 6.74. The van der Waals surface area contributed by atoms with Crippen molar-refractivity contribution in [1.29, 1.82) is 0 Å². The van der Waals surface area contributed by atoms with E-state index in [1.807, 2.05) is 24.3 Å². The maximum Gasteiger partial charge on any atom is 0.255 e. The van der Waals surface area contributed by atoms with E-state index in [1.165, 1.54) is 12.5 Å². The minimum Gasteiger partial charge on any atom is -0.326 e. The molecule has 0 bridgehead atoms. The second kappa shape index (κ2) is 8.64. The Labute approximate surface area is 160 Å². The first-order chi connectivity index (χ1) is 13.0. The van der Waals surface area contributed by atoms with Gasteiger partial charge in [-0.25, -0.2) is 0 Å². The summed E-state index contributed by atoms with van der Waals surface area (Å²) >= 11 is 0. The van der Waals surface area contributed by atoms with E-state index in [0.717, 1.165) is 19.5 Å². The topological polar surface area (TPSA) is 61.4 Å². The van der Waals surface area contributed by atoms with E-state index in [9.17, 15) is 9.59 Å². The number of nitrogens with zero attached hydrogens (tertiary/aromatic N) is 1. The lowest BCUT2D eigenvalue weighted by Crippen LogP contribution is -2.28. The lowest BCUT2D eigenvalue weighted by molar-refractivity contribution is -0.114. The molecule has 0 saturated heterocycles. The van der Waals surface area contributed by atoms with Crippen LogP contribution in [0.1, 0.15) is 36.2 Å². The Morgan fingerprint density at radius 1 is 1.00 bits per heavy atom. The molecule has 2 aromatic carbocycles. The van der Waals surface area contributed by atoms with Gasteiger partial charge in [-0.3, -0.25) is 14.5 Å². The molecule has 0 fully saturated rings. The van der Waals surface area contributed by atoms with Crippen molar-refractivity contribution >= 4 is 23.2 Å². The molecule has 1 heterocycles. The van der Waals surface area contributed by atoms with Crippen LogP contribution < -0.4 is 10.6 Å². The van der Waals surface area contributed by atoms with E-state index in [-0.39, 0.29) is 11.8 Å². The molecule has 5 heteroatoms. The number of hydrogen-bond acceptors (Lipinski definition) is 3. The molecule has 27 heavy (non-hydrogen) atoms. The van der Waals surface area contributed by atoms with Gasteiger partial charge in [0.1, 0.15) is 0 Å².